The molecule has 0 saturated heterocycles. The van der Waals surface area contributed by atoms with Gasteiger partial charge in [0.1, 0.15) is 5.75 Å². The minimum atomic E-state index is -4.60. The highest BCUT2D eigenvalue weighted by Crippen LogP contribution is 2.34. The molecule has 0 bridgehead atoms. The average Bonchev–Trinajstić information content (AvgIpc) is 2.88. The number of carbonyl (C=O) groups excluding carboxylic acids is 3. The molecule has 0 saturated carbocycles. The molecule has 0 atom stereocenters. The van der Waals surface area contributed by atoms with Gasteiger partial charge in [0.05, 0.1) is 44.4 Å². The average molecular weight is 518 g/mol. The van der Waals surface area contributed by atoms with Gasteiger partial charge in [0.15, 0.2) is 0 Å². The summed E-state index contributed by atoms with van der Waals surface area (Å²) in [6, 6.07) is 15.8. The number of benzene rings is 3. The molecular weight excluding hydrogens is 493 g/mol. The zero-order chi connectivity index (χ0) is 27.6. The van der Waals surface area contributed by atoms with Crippen LogP contribution in [0.2, 0.25) is 0 Å². The van der Waals surface area contributed by atoms with Crippen molar-refractivity contribution in [2.75, 3.05) is 32.4 Å². The van der Waals surface area contributed by atoms with Crippen molar-refractivity contribution in [2.45, 2.75) is 12.6 Å². The van der Waals surface area contributed by atoms with E-state index >= 15 is 0 Å². The molecule has 0 unspecified atom stereocenters. The highest BCUT2D eigenvalue weighted by molar-refractivity contribution is 5.94. The predicted octanol–water partition coefficient (Wildman–Crippen LogP) is 4.74. The second kappa shape index (κ2) is 13.0. The van der Waals surface area contributed by atoms with E-state index < -0.39 is 30.0 Å². The molecular formula is C26H25F3N2O6. The van der Waals surface area contributed by atoms with Crippen molar-refractivity contribution in [1.29, 1.82) is 0 Å². The highest BCUT2D eigenvalue weighted by atomic mass is 19.4. The lowest BCUT2D eigenvalue weighted by molar-refractivity contribution is -0.138. The third-order valence-corrected chi connectivity index (χ3v) is 4.89. The number of amides is 1. The number of alkyl halides is 3. The molecule has 8 nitrogen and oxygen atoms in total. The highest BCUT2D eigenvalue weighted by Gasteiger charge is 2.34. The third kappa shape index (κ3) is 8.57. The fourth-order valence-electron chi connectivity index (χ4n) is 3.02. The predicted molar refractivity (Wildman–Crippen MR) is 130 cm³/mol. The Kier molecular flexibility index (Phi) is 10.1. The minimum Gasteiger partial charge on any atom is -0.497 e. The van der Waals surface area contributed by atoms with Gasteiger partial charge >= 0.3 is 18.1 Å². The summed E-state index contributed by atoms with van der Waals surface area (Å²) >= 11 is 0. The number of hydrogen-bond donors (Lipinski definition) is 2. The Morgan fingerprint density at radius 1 is 0.811 bits per heavy atom. The Bertz CT molecular complexity index is 1230. The summed E-state index contributed by atoms with van der Waals surface area (Å²) in [6.45, 7) is 0. The summed E-state index contributed by atoms with van der Waals surface area (Å²) in [4.78, 5) is 34.3. The van der Waals surface area contributed by atoms with Gasteiger partial charge in [-0.2, -0.15) is 13.2 Å². The maximum absolute atomic E-state index is 13.2. The summed E-state index contributed by atoms with van der Waals surface area (Å²) in [5.74, 6) is -1.44. The van der Waals surface area contributed by atoms with E-state index in [2.05, 4.69) is 14.8 Å². The van der Waals surface area contributed by atoms with Crippen LogP contribution in [0.5, 0.6) is 5.75 Å². The van der Waals surface area contributed by atoms with Crippen molar-refractivity contribution in [2.24, 2.45) is 0 Å². The number of nitrogens with one attached hydrogen (secondary N) is 1. The maximum Gasteiger partial charge on any atom is 0.416 e. The van der Waals surface area contributed by atoms with E-state index in [1.165, 1.54) is 57.7 Å². The first-order valence-electron chi connectivity index (χ1n) is 10.6. The quantitative estimate of drug-likeness (QED) is 0.358. The molecule has 0 radical (unpaired) electrons. The van der Waals surface area contributed by atoms with Gasteiger partial charge in [-0.05, 0) is 66.2 Å². The number of ether oxygens (including phenoxy) is 3. The lowest BCUT2D eigenvalue weighted by Crippen LogP contribution is -2.18. The van der Waals surface area contributed by atoms with E-state index in [0.717, 1.165) is 6.07 Å². The monoisotopic (exact) mass is 518 g/mol. The summed E-state index contributed by atoms with van der Waals surface area (Å²) in [5.41, 5.74) is 6.12. The molecule has 0 aliphatic rings. The Balaban J connectivity index is 0.000000364. The fraction of sp³-hybridized carbons (Fsp3) is 0.192. The van der Waals surface area contributed by atoms with E-state index in [-0.39, 0.29) is 17.3 Å². The molecule has 0 aliphatic carbocycles. The van der Waals surface area contributed by atoms with Crippen molar-refractivity contribution in [3.63, 3.8) is 0 Å². The number of methoxy groups -OCH3 is 3. The Morgan fingerprint density at radius 3 is 1.78 bits per heavy atom. The van der Waals surface area contributed by atoms with Crippen LogP contribution in [0.4, 0.5) is 24.5 Å². The topological polar surface area (TPSA) is 117 Å². The standard InChI is InChI=1S/C18H16F3NO4.C8H9NO2/c1-25-14-8-5-12(15(10-14)18(19,20)21)9-16(23)22-13-6-3-11(4-7-13)17(24)26-2;1-11-8(10)6-2-4-7(9)5-3-6/h3-8,10H,9H2,1-2H3,(H,22,23);2-5H,9H2,1H3. The summed E-state index contributed by atoms with van der Waals surface area (Å²) in [6.07, 6.45) is -5.07. The molecule has 11 heteroatoms. The van der Waals surface area contributed by atoms with Gasteiger partial charge in [0.25, 0.3) is 0 Å². The molecule has 0 aromatic heterocycles. The van der Waals surface area contributed by atoms with Crippen LogP contribution in [-0.2, 0) is 26.9 Å². The number of nitrogens with two attached hydrogens (primary N) is 1. The Labute approximate surface area is 211 Å². The lowest BCUT2D eigenvalue weighted by atomic mass is 10.0. The summed E-state index contributed by atoms with van der Waals surface area (Å²) in [5, 5.41) is 2.49. The molecule has 3 aromatic rings. The smallest absolute Gasteiger partial charge is 0.416 e. The number of halogens is 3. The summed E-state index contributed by atoms with van der Waals surface area (Å²) in [7, 11) is 3.85. The van der Waals surface area contributed by atoms with Gasteiger partial charge < -0.3 is 25.3 Å². The van der Waals surface area contributed by atoms with Gasteiger partial charge in [-0.3, -0.25) is 4.79 Å². The van der Waals surface area contributed by atoms with Crippen LogP contribution >= 0.6 is 0 Å². The van der Waals surface area contributed by atoms with Crippen LogP contribution in [-0.4, -0.2) is 39.2 Å². The minimum absolute atomic E-state index is 0.0554. The number of carbonyl (C=O) groups is 3. The first-order valence-corrected chi connectivity index (χ1v) is 10.6. The van der Waals surface area contributed by atoms with Crippen LogP contribution < -0.4 is 15.8 Å². The Hall–Kier alpha value is -4.54. The number of rotatable bonds is 6. The maximum atomic E-state index is 13.2. The molecule has 3 rings (SSSR count). The zero-order valence-corrected chi connectivity index (χ0v) is 20.2. The van der Waals surface area contributed by atoms with E-state index in [1.54, 1.807) is 24.3 Å². The third-order valence-electron chi connectivity index (χ3n) is 4.89. The largest absolute Gasteiger partial charge is 0.497 e. The van der Waals surface area contributed by atoms with Gasteiger partial charge in [-0.25, -0.2) is 9.59 Å². The first-order chi connectivity index (χ1) is 17.5. The van der Waals surface area contributed by atoms with Crippen LogP contribution in [0.25, 0.3) is 0 Å². The molecule has 0 spiro atoms. The molecule has 0 fully saturated rings. The van der Waals surface area contributed by atoms with Crippen molar-refractivity contribution in [3.05, 3.63) is 89.0 Å². The van der Waals surface area contributed by atoms with Crippen LogP contribution in [0.3, 0.4) is 0 Å². The van der Waals surface area contributed by atoms with Gasteiger partial charge in [0, 0.05) is 11.4 Å². The molecule has 0 aliphatic heterocycles. The van der Waals surface area contributed by atoms with E-state index in [1.807, 2.05) is 0 Å². The molecule has 3 aromatic carbocycles. The normalized spacial score (nSPS) is 10.4. The molecule has 1 amide bonds. The number of esters is 2. The Morgan fingerprint density at radius 2 is 1.32 bits per heavy atom. The number of hydrogen-bond acceptors (Lipinski definition) is 7. The second-order valence-electron chi connectivity index (χ2n) is 7.43. The van der Waals surface area contributed by atoms with Gasteiger partial charge in [-0.1, -0.05) is 6.07 Å². The zero-order valence-electron chi connectivity index (χ0n) is 20.2. The van der Waals surface area contributed by atoms with Crippen molar-refractivity contribution in [3.8, 4) is 5.75 Å². The van der Waals surface area contributed by atoms with E-state index in [0.29, 0.717) is 22.5 Å². The molecule has 3 N–H and O–H groups in total. The van der Waals surface area contributed by atoms with Gasteiger partial charge in [0.2, 0.25) is 5.91 Å². The van der Waals surface area contributed by atoms with E-state index in [9.17, 15) is 27.6 Å². The van der Waals surface area contributed by atoms with E-state index in [4.69, 9.17) is 10.5 Å². The number of anilines is 2. The van der Waals surface area contributed by atoms with Crippen LogP contribution in [0, 0.1) is 0 Å². The van der Waals surface area contributed by atoms with Crippen LogP contribution in [0.15, 0.2) is 66.7 Å². The van der Waals surface area contributed by atoms with Crippen molar-refractivity contribution in [1.82, 2.24) is 0 Å². The lowest BCUT2D eigenvalue weighted by Gasteiger charge is -2.14. The molecule has 196 valence electrons. The van der Waals surface area contributed by atoms with Gasteiger partial charge in [-0.15, -0.1) is 0 Å². The first kappa shape index (κ1) is 28.7. The fourth-order valence-corrected chi connectivity index (χ4v) is 3.02. The molecule has 0 heterocycles. The van der Waals surface area contributed by atoms with Crippen LogP contribution in [0.1, 0.15) is 31.8 Å². The molecule has 37 heavy (non-hydrogen) atoms. The van der Waals surface area contributed by atoms with Crippen molar-refractivity contribution >= 4 is 29.2 Å². The van der Waals surface area contributed by atoms with Crippen molar-refractivity contribution < 1.29 is 41.8 Å². The SMILES string of the molecule is COC(=O)c1ccc(N)cc1.COC(=O)c1ccc(NC(=O)Cc2ccc(OC)cc2C(F)(F)F)cc1. The number of nitrogen functional groups attached to an aromatic ring is 1. The second-order valence-corrected chi connectivity index (χ2v) is 7.43. The summed E-state index contributed by atoms with van der Waals surface area (Å²) < 4.78 is 53.4.